The van der Waals surface area contributed by atoms with Crippen LogP contribution in [0.3, 0.4) is 0 Å². The maximum Gasteiger partial charge on any atom is 0.222 e. The third kappa shape index (κ3) is 5.15. The first-order valence-corrected chi connectivity index (χ1v) is 11.8. The van der Waals surface area contributed by atoms with Gasteiger partial charge in [0.25, 0.3) is 0 Å². The molecule has 2 aliphatic heterocycles. The van der Waals surface area contributed by atoms with Gasteiger partial charge in [0, 0.05) is 55.8 Å². The van der Waals surface area contributed by atoms with Crippen molar-refractivity contribution in [1.82, 2.24) is 14.8 Å². The number of hydrogen-bond donors (Lipinski definition) is 0. The van der Waals surface area contributed by atoms with Crippen molar-refractivity contribution in [2.24, 2.45) is 16.8 Å². The zero-order chi connectivity index (χ0) is 21.8. The van der Waals surface area contributed by atoms with Gasteiger partial charge in [0.15, 0.2) is 0 Å². The van der Waals surface area contributed by atoms with Gasteiger partial charge in [-0.3, -0.25) is 14.8 Å². The van der Waals surface area contributed by atoms with E-state index >= 15 is 0 Å². The van der Waals surface area contributed by atoms with Crippen LogP contribution in [-0.4, -0.2) is 67.2 Å². The molecule has 0 radical (unpaired) electrons. The summed E-state index contributed by atoms with van der Waals surface area (Å²) in [6.45, 7) is 6.33. The number of nitrogens with zero attached hydrogens (tertiary/aromatic N) is 4. The number of aromatic nitrogens is 1. The van der Waals surface area contributed by atoms with Crippen LogP contribution < -0.4 is 0 Å². The fraction of sp³-hybridized carbons (Fsp3) is 0.577. The lowest BCUT2D eigenvalue weighted by atomic mass is 9.83. The van der Waals surface area contributed by atoms with Crippen LogP contribution in [0.2, 0.25) is 0 Å². The molecule has 0 spiro atoms. The maximum absolute atomic E-state index is 13.1. The number of amides is 1. The van der Waals surface area contributed by atoms with Crippen molar-refractivity contribution in [1.29, 1.82) is 0 Å². The van der Waals surface area contributed by atoms with Crippen LogP contribution in [0.25, 0.3) is 10.9 Å². The summed E-state index contributed by atoms with van der Waals surface area (Å²) in [6.07, 6.45) is 9.04. The van der Waals surface area contributed by atoms with Gasteiger partial charge >= 0.3 is 0 Å². The minimum absolute atomic E-state index is 0.340. The topological polar surface area (TPSA) is 48.8 Å². The zero-order valence-corrected chi connectivity index (χ0v) is 19.3. The fourth-order valence-electron chi connectivity index (χ4n) is 5.43. The van der Waals surface area contributed by atoms with Gasteiger partial charge in [0.1, 0.15) is 0 Å². The second-order valence-electron chi connectivity index (χ2n) is 9.65. The quantitative estimate of drug-likeness (QED) is 0.676. The fourth-order valence-corrected chi connectivity index (χ4v) is 5.43. The molecule has 2 unspecified atom stereocenters. The van der Waals surface area contributed by atoms with Crippen LogP contribution in [-0.2, 0) is 4.79 Å². The third-order valence-electron chi connectivity index (χ3n) is 7.16. The molecule has 0 saturated carbocycles. The summed E-state index contributed by atoms with van der Waals surface area (Å²) in [5.74, 6) is 1.92. The second kappa shape index (κ2) is 9.90. The molecule has 0 N–H and O–H groups in total. The van der Waals surface area contributed by atoms with E-state index in [1.54, 1.807) is 7.05 Å². The van der Waals surface area contributed by atoms with Gasteiger partial charge in [-0.25, -0.2) is 0 Å². The molecule has 2 saturated heterocycles. The lowest BCUT2D eigenvalue weighted by Gasteiger charge is -2.37. The third-order valence-corrected chi connectivity index (χ3v) is 7.16. The Kier molecular flexibility index (Phi) is 7.01. The second-order valence-corrected chi connectivity index (χ2v) is 9.65. The monoisotopic (exact) mass is 420 g/mol. The van der Waals surface area contributed by atoms with Crippen LogP contribution in [0.1, 0.15) is 56.1 Å². The largest absolute Gasteiger partial charge is 0.342 e. The lowest BCUT2D eigenvalue weighted by molar-refractivity contribution is -0.133. The summed E-state index contributed by atoms with van der Waals surface area (Å²) in [5.41, 5.74) is 3.37. The van der Waals surface area contributed by atoms with Crippen LogP contribution in [0.15, 0.2) is 35.5 Å². The number of pyridine rings is 1. The molecule has 2 fully saturated rings. The Hall–Kier alpha value is -2.27. The molecule has 0 bridgehead atoms. The van der Waals surface area contributed by atoms with Crippen LogP contribution >= 0.6 is 0 Å². The van der Waals surface area contributed by atoms with Gasteiger partial charge in [0.05, 0.1) is 5.52 Å². The highest BCUT2D eigenvalue weighted by atomic mass is 16.2. The van der Waals surface area contributed by atoms with Crippen molar-refractivity contribution >= 4 is 23.0 Å². The van der Waals surface area contributed by atoms with Crippen LogP contribution in [0.5, 0.6) is 0 Å². The van der Waals surface area contributed by atoms with Crippen molar-refractivity contribution in [3.8, 4) is 0 Å². The van der Waals surface area contributed by atoms with E-state index in [9.17, 15) is 4.79 Å². The molecular weight excluding hydrogens is 384 g/mol. The van der Waals surface area contributed by atoms with Gasteiger partial charge in [-0.1, -0.05) is 25.1 Å². The number of aliphatic imine (C=N–C) groups is 1. The molecule has 4 rings (SSSR count). The molecule has 2 atom stereocenters. The number of carbonyl (C=O) groups is 1. The molecule has 1 aromatic carbocycles. The summed E-state index contributed by atoms with van der Waals surface area (Å²) in [5, 5.41) is 1.19. The number of hydrogen-bond acceptors (Lipinski definition) is 4. The summed E-state index contributed by atoms with van der Waals surface area (Å²) in [4.78, 5) is 26.5. The summed E-state index contributed by atoms with van der Waals surface area (Å²) in [6, 6.07) is 8.53. The van der Waals surface area contributed by atoms with Crippen molar-refractivity contribution in [3.63, 3.8) is 0 Å². The van der Waals surface area contributed by atoms with Gasteiger partial charge < -0.3 is 9.80 Å². The molecule has 2 aliphatic rings. The molecular formula is C26H36N4O. The van der Waals surface area contributed by atoms with Crippen LogP contribution in [0.4, 0.5) is 0 Å². The van der Waals surface area contributed by atoms with Crippen molar-refractivity contribution in [2.75, 3.05) is 40.3 Å². The van der Waals surface area contributed by atoms with E-state index in [-0.39, 0.29) is 0 Å². The van der Waals surface area contributed by atoms with E-state index in [0.717, 1.165) is 37.0 Å². The molecule has 1 amide bonds. The average molecular weight is 421 g/mol. The van der Waals surface area contributed by atoms with Gasteiger partial charge in [0.2, 0.25) is 5.91 Å². The predicted molar refractivity (Wildman–Crippen MR) is 128 cm³/mol. The predicted octanol–water partition coefficient (Wildman–Crippen LogP) is 4.36. The van der Waals surface area contributed by atoms with Crippen molar-refractivity contribution in [3.05, 3.63) is 41.6 Å². The van der Waals surface area contributed by atoms with E-state index < -0.39 is 0 Å². The number of likely N-dealkylation sites (tertiary alicyclic amines) is 2. The van der Waals surface area contributed by atoms with Gasteiger partial charge in [-0.15, -0.1) is 0 Å². The molecule has 166 valence electrons. The minimum Gasteiger partial charge on any atom is -0.342 e. The Morgan fingerprint density at radius 2 is 2.03 bits per heavy atom. The smallest absolute Gasteiger partial charge is 0.222 e. The van der Waals surface area contributed by atoms with E-state index in [1.165, 1.54) is 36.9 Å². The van der Waals surface area contributed by atoms with Gasteiger partial charge in [-0.2, -0.15) is 0 Å². The Labute approximate surface area is 186 Å². The molecule has 5 nitrogen and oxygen atoms in total. The van der Waals surface area contributed by atoms with Crippen LogP contribution in [0, 0.1) is 11.8 Å². The molecule has 3 heterocycles. The lowest BCUT2D eigenvalue weighted by Crippen LogP contribution is -2.42. The number of carbonyl (C=O) groups excluding carboxylic acids is 1. The number of fused-ring (bicyclic) bond motifs is 1. The van der Waals surface area contributed by atoms with E-state index in [1.807, 2.05) is 18.5 Å². The molecule has 31 heavy (non-hydrogen) atoms. The van der Waals surface area contributed by atoms with E-state index in [0.29, 0.717) is 30.1 Å². The highest BCUT2D eigenvalue weighted by molar-refractivity contribution is 5.99. The summed E-state index contributed by atoms with van der Waals surface area (Å²) >= 11 is 0. The number of benzene rings is 1. The standard InChI is InChI=1S/C26H36N4O/c1-19-15-22(23-8-7-21(16-27-2)26-24(23)5-4-12-28-26)18-30(17-19)25(31)9-6-20-10-13-29(3)14-11-20/h4-5,7-8,12,16,19-20,22H,6,9-11,13-15,17-18H2,1-3H3. The Balaban J connectivity index is 1.48. The number of rotatable bonds is 5. The Bertz CT molecular complexity index is 932. The molecule has 5 heteroatoms. The first kappa shape index (κ1) is 21.9. The maximum atomic E-state index is 13.1. The average Bonchev–Trinajstić information content (AvgIpc) is 2.78. The van der Waals surface area contributed by atoms with Crippen molar-refractivity contribution < 1.29 is 4.79 Å². The van der Waals surface area contributed by atoms with E-state index in [2.05, 4.69) is 51.9 Å². The Morgan fingerprint density at radius 3 is 2.81 bits per heavy atom. The summed E-state index contributed by atoms with van der Waals surface area (Å²) < 4.78 is 0. The SMILES string of the molecule is CN=Cc1ccc(C2CC(C)CN(C(=O)CCC3CCN(C)CC3)C2)c2cccnc12. The zero-order valence-electron chi connectivity index (χ0n) is 19.3. The highest BCUT2D eigenvalue weighted by Gasteiger charge is 2.30. The first-order chi connectivity index (χ1) is 15.0. The molecule has 1 aromatic heterocycles. The van der Waals surface area contributed by atoms with Crippen molar-refractivity contribution in [2.45, 2.75) is 44.9 Å². The highest BCUT2D eigenvalue weighted by Crippen LogP contribution is 2.35. The van der Waals surface area contributed by atoms with Gasteiger partial charge in [-0.05, 0) is 69.3 Å². The minimum atomic E-state index is 0.340. The first-order valence-electron chi connectivity index (χ1n) is 11.8. The number of piperidine rings is 2. The molecule has 2 aromatic rings. The van der Waals surface area contributed by atoms with E-state index in [4.69, 9.17) is 0 Å². The normalized spacial score (nSPS) is 23.6. The molecule has 0 aliphatic carbocycles. The Morgan fingerprint density at radius 1 is 1.23 bits per heavy atom. The summed E-state index contributed by atoms with van der Waals surface area (Å²) in [7, 11) is 3.98.